The molecule has 0 aromatic heterocycles. The molecule has 0 spiro atoms. The van der Waals surface area contributed by atoms with Crippen molar-refractivity contribution < 1.29 is 4.79 Å². The molecule has 0 aromatic carbocycles. The summed E-state index contributed by atoms with van der Waals surface area (Å²) in [7, 11) is 0. The van der Waals surface area contributed by atoms with E-state index in [-0.39, 0.29) is 11.9 Å². The average molecular weight is 308 g/mol. The third-order valence-corrected chi connectivity index (χ3v) is 6.33. The smallest absolute Gasteiger partial charge is 0.220 e. The molecule has 0 heterocycles. The predicted octanol–water partition coefficient (Wildman–Crippen LogP) is 3.16. The molecule has 0 radical (unpaired) electrons. The van der Waals surface area contributed by atoms with E-state index < -0.39 is 0 Å². The molecule has 0 aromatic rings. The molecule has 3 aliphatic carbocycles. The van der Waals surface area contributed by atoms with Gasteiger partial charge in [-0.2, -0.15) is 0 Å². The number of hydrogen-bond acceptors (Lipinski definition) is 2. The van der Waals surface area contributed by atoms with Crippen LogP contribution in [0.4, 0.5) is 0 Å². The van der Waals surface area contributed by atoms with Gasteiger partial charge in [-0.3, -0.25) is 4.79 Å². The largest absolute Gasteiger partial charge is 0.392 e. The van der Waals surface area contributed by atoms with E-state index in [9.17, 15) is 4.79 Å². The van der Waals surface area contributed by atoms with Crippen LogP contribution in [0.1, 0.15) is 64.2 Å². The van der Waals surface area contributed by atoms with Gasteiger partial charge in [-0.25, -0.2) is 0 Å². The quantitative estimate of drug-likeness (QED) is 0.767. The van der Waals surface area contributed by atoms with Crippen LogP contribution in [0.5, 0.6) is 0 Å². The Morgan fingerprint density at radius 3 is 2.48 bits per heavy atom. The fourth-order valence-electron chi connectivity index (χ4n) is 4.99. The fraction of sp³-hybridized carbons (Fsp3) is 0.882. The highest BCUT2D eigenvalue weighted by Gasteiger charge is 2.40. The lowest BCUT2D eigenvalue weighted by atomic mass is 9.83. The maximum atomic E-state index is 12.4. The molecule has 1 amide bonds. The molecule has 2 bridgehead atoms. The number of amides is 1. The van der Waals surface area contributed by atoms with Gasteiger partial charge in [-0.15, -0.1) is 0 Å². The Kier molecular flexibility index (Phi) is 4.82. The van der Waals surface area contributed by atoms with Gasteiger partial charge in [-0.05, 0) is 55.8 Å². The van der Waals surface area contributed by atoms with Crippen molar-refractivity contribution >= 4 is 23.1 Å². The highest BCUT2D eigenvalue weighted by molar-refractivity contribution is 7.80. The van der Waals surface area contributed by atoms with Crippen LogP contribution in [-0.2, 0) is 4.79 Å². The fourth-order valence-corrected chi connectivity index (χ4v) is 5.24. The van der Waals surface area contributed by atoms with Crippen molar-refractivity contribution in [2.45, 2.75) is 70.3 Å². The lowest BCUT2D eigenvalue weighted by molar-refractivity contribution is -0.123. The first-order chi connectivity index (χ1) is 10.1. The minimum atomic E-state index is -0.0774. The molecule has 3 N–H and O–H groups in total. The Labute approximate surface area is 133 Å². The summed E-state index contributed by atoms with van der Waals surface area (Å²) >= 11 is 5.22. The van der Waals surface area contributed by atoms with E-state index in [4.69, 9.17) is 18.0 Å². The minimum absolute atomic E-state index is 0.0774. The van der Waals surface area contributed by atoms with E-state index in [1.54, 1.807) is 0 Å². The van der Waals surface area contributed by atoms with E-state index in [1.807, 2.05) is 0 Å². The van der Waals surface area contributed by atoms with Crippen LogP contribution in [0.2, 0.25) is 0 Å². The maximum absolute atomic E-state index is 12.4. The molecular weight excluding hydrogens is 280 g/mol. The lowest BCUT2D eigenvalue weighted by Gasteiger charge is -2.31. The van der Waals surface area contributed by atoms with E-state index in [0.717, 1.165) is 24.7 Å². The zero-order valence-electron chi connectivity index (χ0n) is 12.9. The highest BCUT2D eigenvalue weighted by Crippen LogP contribution is 2.49. The van der Waals surface area contributed by atoms with E-state index in [2.05, 4.69) is 5.32 Å². The Morgan fingerprint density at radius 1 is 1.14 bits per heavy atom. The number of rotatable bonds is 5. The molecule has 4 unspecified atom stereocenters. The Bertz CT molecular complexity index is 406. The Hall–Kier alpha value is -0.640. The number of carbonyl (C=O) groups is 1. The Balaban J connectivity index is 1.52. The minimum Gasteiger partial charge on any atom is -0.392 e. The van der Waals surface area contributed by atoms with Crippen LogP contribution in [0.25, 0.3) is 0 Å². The van der Waals surface area contributed by atoms with Crippen LogP contribution in [-0.4, -0.2) is 16.9 Å². The lowest BCUT2D eigenvalue weighted by Crippen LogP contribution is -2.49. The number of carbonyl (C=O) groups excluding carboxylic acids is 1. The van der Waals surface area contributed by atoms with Crippen LogP contribution < -0.4 is 11.1 Å². The first kappa shape index (κ1) is 15.3. The van der Waals surface area contributed by atoms with Crippen molar-refractivity contribution in [2.24, 2.45) is 29.4 Å². The van der Waals surface area contributed by atoms with E-state index in [1.165, 1.54) is 44.9 Å². The third kappa shape index (κ3) is 3.58. The van der Waals surface area contributed by atoms with Gasteiger partial charge in [0.25, 0.3) is 0 Å². The van der Waals surface area contributed by atoms with Gasteiger partial charge < -0.3 is 11.1 Å². The molecule has 0 saturated heterocycles. The van der Waals surface area contributed by atoms with Gasteiger partial charge >= 0.3 is 0 Å². The zero-order chi connectivity index (χ0) is 14.8. The normalized spacial score (nSPS) is 33.8. The van der Waals surface area contributed by atoms with Gasteiger partial charge in [0.15, 0.2) is 0 Å². The topological polar surface area (TPSA) is 55.1 Å². The molecule has 3 fully saturated rings. The number of fused-ring (bicyclic) bond motifs is 2. The number of nitrogens with one attached hydrogen (secondary N) is 1. The Morgan fingerprint density at radius 2 is 1.90 bits per heavy atom. The van der Waals surface area contributed by atoms with Crippen molar-refractivity contribution in [3.05, 3.63) is 0 Å². The van der Waals surface area contributed by atoms with Crippen LogP contribution in [0.15, 0.2) is 0 Å². The second-order valence-corrected chi connectivity index (χ2v) is 7.96. The molecule has 0 aliphatic heterocycles. The molecule has 118 valence electrons. The second-order valence-electron chi connectivity index (χ2n) is 7.48. The van der Waals surface area contributed by atoms with Crippen molar-refractivity contribution in [3.63, 3.8) is 0 Å². The average Bonchev–Trinajstić information content (AvgIpc) is 3.08. The SMILES string of the molecule is NC(=S)C(NC(=O)CC1CC2CCC1C2)C1CCCCC1. The molecule has 3 nitrogen and oxygen atoms in total. The first-order valence-corrected chi connectivity index (χ1v) is 9.13. The van der Waals surface area contributed by atoms with Gasteiger partial charge in [0.05, 0.1) is 11.0 Å². The van der Waals surface area contributed by atoms with Crippen LogP contribution in [0.3, 0.4) is 0 Å². The zero-order valence-corrected chi connectivity index (χ0v) is 13.7. The summed E-state index contributed by atoms with van der Waals surface area (Å²) in [6.45, 7) is 0. The summed E-state index contributed by atoms with van der Waals surface area (Å²) in [4.78, 5) is 12.9. The van der Waals surface area contributed by atoms with Crippen LogP contribution >= 0.6 is 12.2 Å². The van der Waals surface area contributed by atoms with Gasteiger partial charge in [0, 0.05) is 6.42 Å². The van der Waals surface area contributed by atoms with Crippen molar-refractivity contribution in [2.75, 3.05) is 0 Å². The first-order valence-electron chi connectivity index (χ1n) is 8.72. The molecule has 4 heteroatoms. The van der Waals surface area contributed by atoms with Crippen molar-refractivity contribution in [3.8, 4) is 0 Å². The van der Waals surface area contributed by atoms with E-state index >= 15 is 0 Å². The van der Waals surface area contributed by atoms with Crippen LogP contribution in [0, 0.1) is 23.7 Å². The summed E-state index contributed by atoms with van der Waals surface area (Å²) in [5.74, 6) is 2.95. The van der Waals surface area contributed by atoms with Gasteiger partial charge in [-0.1, -0.05) is 37.9 Å². The maximum Gasteiger partial charge on any atom is 0.220 e. The highest BCUT2D eigenvalue weighted by atomic mass is 32.1. The molecule has 3 rings (SSSR count). The van der Waals surface area contributed by atoms with Crippen molar-refractivity contribution in [1.29, 1.82) is 0 Å². The molecule has 21 heavy (non-hydrogen) atoms. The number of hydrogen-bond donors (Lipinski definition) is 2. The summed E-state index contributed by atoms with van der Waals surface area (Å²) in [5.41, 5.74) is 5.90. The monoisotopic (exact) mass is 308 g/mol. The predicted molar refractivity (Wildman–Crippen MR) is 88.8 cm³/mol. The van der Waals surface area contributed by atoms with Crippen molar-refractivity contribution in [1.82, 2.24) is 5.32 Å². The number of thiocarbonyl (C=S) groups is 1. The molecule has 4 atom stereocenters. The molecule has 3 aliphatic rings. The molecule has 3 saturated carbocycles. The second kappa shape index (κ2) is 6.64. The summed E-state index contributed by atoms with van der Waals surface area (Å²) in [6, 6.07) is -0.0774. The van der Waals surface area contributed by atoms with Gasteiger partial charge in [0.1, 0.15) is 0 Å². The standard InChI is InChI=1S/C17H28N2OS/c18-17(21)16(12-4-2-1-3-5-12)19-15(20)10-14-9-11-6-7-13(14)8-11/h11-14,16H,1-10H2,(H2,18,21)(H,19,20). The third-order valence-electron chi connectivity index (χ3n) is 6.08. The summed E-state index contributed by atoms with van der Waals surface area (Å²) in [6.07, 6.45) is 12.1. The van der Waals surface area contributed by atoms with E-state index in [0.29, 0.717) is 23.2 Å². The van der Waals surface area contributed by atoms with Gasteiger partial charge in [0.2, 0.25) is 5.91 Å². The summed E-state index contributed by atoms with van der Waals surface area (Å²) < 4.78 is 0. The molecular formula is C17H28N2OS. The number of nitrogens with two attached hydrogens (primary N) is 1. The summed E-state index contributed by atoms with van der Waals surface area (Å²) in [5, 5.41) is 3.17.